The Hall–Kier alpha value is -1.50. The zero-order chi connectivity index (χ0) is 12.7. The van der Waals surface area contributed by atoms with Crippen molar-refractivity contribution >= 4 is 7.85 Å². The molecule has 0 aromatic rings. The molecule has 0 aliphatic heterocycles. The number of hydrogen-bond donors (Lipinski definition) is 0. The first-order chi connectivity index (χ1) is 8.17. The van der Waals surface area contributed by atoms with Crippen molar-refractivity contribution in [2.75, 3.05) is 20.1 Å². The van der Waals surface area contributed by atoms with Crippen molar-refractivity contribution in [2.45, 2.75) is 6.92 Å². The van der Waals surface area contributed by atoms with E-state index >= 15 is 0 Å². The number of nitrogens with zero attached hydrogens (tertiary/aromatic N) is 1. The fourth-order valence-corrected chi connectivity index (χ4v) is 1.38. The Morgan fingerprint density at radius 2 is 2.35 bits per heavy atom. The van der Waals surface area contributed by atoms with Crippen molar-refractivity contribution in [2.24, 2.45) is 0 Å². The average Bonchev–Trinajstić information content (AvgIpc) is 2.55. The molecule has 0 aromatic carbocycles. The smallest absolute Gasteiger partial charge is 0.114 e. The number of rotatable bonds is 5. The van der Waals surface area contributed by atoms with Crippen molar-refractivity contribution in [3.63, 3.8) is 0 Å². The van der Waals surface area contributed by atoms with Crippen LogP contribution < -0.4 is 0 Å². The topological polar surface area (TPSA) is 3.24 Å². The first kappa shape index (κ1) is 13.6. The van der Waals surface area contributed by atoms with Crippen LogP contribution >= 0.6 is 0 Å². The molecule has 1 nitrogen and oxygen atoms in total. The van der Waals surface area contributed by atoms with Crippen molar-refractivity contribution < 1.29 is 0 Å². The van der Waals surface area contributed by atoms with Crippen LogP contribution in [-0.4, -0.2) is 32.9 Å². The van der Waals surface area contributed by atoms with E-state index in [0.29, 0.717) is 5.47 Å². The van der Waals surface area contributed by atoms with Gasteiger partial charge in [-0.05, 0) is 31.3 Å². The van der Waals surface area contributed by atoms with Gasteiger partial charge in [0, 0.05) is 12.1 Å². The van der Waals surface area contributed by atoms with Gasteiger partial charge in [0.05, 0.1) is 0 Å². The van der Waals surface area contributed by atoms with E-state index in [1.807, 2.05) is 24.3 Å². The minimum absolute atomic E-state index is 0.713. The third kappa shape index (κ3) is 4.48. The molecule has 0 saturated carbocycles. The second kappa shape index (κ2) is 6.95. The SMILES string of the molecule is [B]C1=CC=CC(/C(C=C)=C/CN(C)CC)=C=C1. The molecule has 86 valence electrons. The summed E-state index contributed by atoms with van der Waals surface area (Å²) in [5.41, 5.74) is 5.99. The predicted octanol–water partition coefficient (Wildman–Crippen LogP) is 2.75. The third-order valence-corrected chi connectivity index (χ3v) is 2.64. The molecule has 0 fully saturated rings. The number of allylic oxidation sites excluding steroid dienone is 7. The van der Waals surface area contributed by atoms with Crippen LogP contribution in [0.3, 0.4) is 0 Å². The van der Waals surface area contributed by atoms with Crippen LogP contribution in [0, 0.1) is 0 Å². The quantitative estimate of drug-likeness (QED) is 0.393. The average molecular weight is 223 g/mol. The van der Waals surface area contributed by atoms with Crippen molar-refractivity contribution in [3.8, 4) is 0 Å². The van der Waals surface area contributed by atoms with Gasteiger partial charge in [0.1, 0.15) is 7.85 Å². The monoisotopic (exact) mass is 223 g/mol. The van der Waals surface area contributed by atoms with E-state index < -0.39 is 0 Å². The lowest BCUT2D eigenvalue weighted by Gasteiger charge is -2.11. The molecule has 1 aliphatic carbocycles. The molecule has 0 saturated heterocycles. The maximum Gasteiger partial charge on any atom is 0.114 e. The Morgan fingerprint density at radius 1 is 1.59 bits per heavy atom. The molecule has 0 atom stereocenters. The molecule has 17 heavy (non-hydrogen) atoms. The van der Waals surface area contributed by atoms with E-state index in [1.54, 1.807) is 6.08 Å². The predicted molar refractivity (Wildman–Crippen MR) is 76.0 cm³/mol. The Bertz CT molecular complexity index is 432. The highest BCUT2D eigenvalue weighted by molar-refractivity contribution is 6.23. The summed E-state index contributed by atoms with van der Waals surface area (Å²) in [6.07, 6.45) is 11.6. The van der Waals surface area contributed by atoms with Gasteiger partial charge in [0.2, 0.25) is 0 Å². The summed E-state index contributed by atoms with van der Waals surface area (Å²) in [5.74, 6) is 0. The van der Waals surface area contributed by atoms with Gasteiger partial charge in [-0.2, -0.15) is 0 Å². The Balaban J connectivity index is 2.89. The van der Waals surface area contributed by atoms with E-state index in [0.717, 1.165) is 24.2 Å². The van der Waals surface area contributed by atoms with E-state index in [4.69, 9.17) is 7.85 Å². The molecule has 1 rings (SSSR count). The van der Waals surface area contributed by atoms with Crippen LogP contribution in [0.2, 0.25) is 0 Å². The molecule has 0 heterocycles. The first-order valence-corrected chi connectivity index (χ1v) is 5.79. The molecule has 0 amide bonds. The van der Waals surface area contributed by atoms with Crippen LogP contribution in [0.5, 0.6) is 0 Å². The van der Waals surface area contributed by atoms with Gasteiger partial charge in [-0.3, -0.25) is 0 Å². The van der Waals surface area contributed by atoms with Crippen molar-refractivity contribution in [1.82, 2.24) is 4.90 Å². The Labute approximate surface area is 106 Å². The zero-order valence-corrected chi connectivity index (χ0v) is 10.6. The highest BCUT2D eigenvalue weighted by Crippen LogP contribution is 2.14. The van der Waals surface area contributed by atoms with Gasteiger partial charge in [-0.1, -0.05) is 43.3 Å². The van der Waals surface area contributed by atoms with E-state index in [2.05, 4.69) is 37.3 Å². The summed E-state index contributed by atoms with van der Waals surface area (Å²) in [6.45, 7) is 7.91. The zero-order valence-electron chi connectivity index (χ0n) is 10.6. The largest absolute Gasteiger partial charge is 0.303 e. The van der Waals surface area contributed by atoms with E-state index in [1.165, 1.54) is 0 Å². The number of hydrogen-bond acceptors (Lipinski definition) is 1. The standard InChI is InChI=1S/C15H18BN/c1-4-13(11-12-17(3)5-2)14-7-6-8-15(16)10-9-14/h4,6-8,10-11H,1,5,12H2,2-3H3/b13-11+. The molecule has 2 radical (unpaired) electrons. The van der Waals surface area contributed by atoms with Gasteiger partial charge in [0.15, 0.2) is 0 Å². The lowest BCUT2D eigenvalue weighted by molar-refractivity contribution is 0.392. The van der Waals surface area contributed by atoms with Crippen LogP contribution in [0.15, 0.2) is 65.4 Å². The molecule has 1 aliphatic rings. The van der Waals surface area contributed by atoms with Crippen LogP contribution in [-0.2, 0) is 0 Å². The van der Waals surface area contributed by atoms with Crippen LogP contribution in [0.25, 0.3) is 0 Å². The minimum Gasteiger partial charge on any atom is -0.303 e. The molecular formula is C15H18BN. The van der Waals surface area contributed by atoms with Gasteiger partial charge in [0.25, 0.3) is 0 Å². The molecule has 2 heteroatoms. The van der Waals surface area contributed by atoms with E-state index in [-0.39, 0.29) is 0 Å². The summed E-state index contributed by atoms with van der Waals surface area (Å²) in [4.78, 5) is 2.22. The summed E-state index contributed by atoms with van der Waals surface area (Å²) in [6, 6.07) is 0. The normalized spacial score (nSPS) is 15.6. The molecule has 0 N–H and O–H groups in total. The highest BCUT2D eigenvalue weighted by Gasteiger charge is 1.99. The van der Waals surface area contributed by atoms with Crippen LogP contribution in [0.1, 0.15) is 6.92 Å². The fraction of sp³-hybridized carbons (Fsp3) is 0.267. The fourth-order valence-electron chi connectivity index (χ4n) is 1.38. The molecule has 0 unspecified atom stereocenters. The van der Waals surface area contributed by atoms with Gasteiger partial charge < -0.3 is 4.90 Å². The lowest BCUT2D eigenvalue weighted by atomic mass is 9.96. The highest BCUT2D eigenvalue weighted by atomic mass is 15.1. The molecular weight excluding hydrogens is 205 g/mol. The Morgan fingerprint density at radius 3 is 3.00 bits per heavy atom. The summed E-state index contributed by atoms with van der Waals surface area (Å²) >= 11 is 0. The lowest BCUT2D eigenvalue weighted by Crippen LogP contribution is -2.17. The third-order valence-electron chi connectivity index (χ3n) is 2.64. The molecule has 0 aromatic heterocycles. The second-order valence-electron chi connectivity index (χ2n) is 3.95. The summed E-state index contributed by atoms with van der Waals surface area (Å²) < 4.78 is 0. The second-order valence-corrected chi connectivity index (χ2v) is 3.95. The van der Waals surface area contributed by atoms with Gasteiger partial charge >= 0.3 is 0 Å². The Kier molecular flexibility index (Phi) is 5.55. The summed E-state index contributed by atoms with van der Waals surface area (Å²) in [7, 11) is 7.79. The maximum atomic E-state index is 5.71. The van der Waals surface area contributed by atoms with Gasteiger partial charge in [-0.15, -0.1) is 5.73 Å². The first-order valence-electron chi connectivity index (χ1n) is 5.79. The van der Waals surface area contributed by atoms with Crippen LogP contribution in [0.4, 0.5) is 0 Å². The minimum atomic E-state index is 0.713. The summed E-state index contributed by atoms with van der Waals surface area (Å²) in [5, 5.41) is 0. The van der Waals surface area contributed by atoms with Crippen molar-refractivity contribution in [1.29, 1.82) is 0 Å². The molecule has 0 spiro atoms. The van der Waals surface area contributed by atoms with Gasteiger partial charge in [-0.25, -0.2) is 0 Å². The van der Waals surface area contributed by atoms with Crippen molar-refractivity contribution in [3.05, 3.63) is 65.4 Å². The number of likely N-dealkylation sites (N-methyl/N-ethyl adjacent to an activating group) is 1. The molecule has 0 bridgehead atoms. The maximum absolute atomic E-state index is 5.71. The van der Waals surface area contributed by atoms with E-state index in [9.17, 15) is 0 Å².